The zero-order chi connectivity index (χ0) is 10.7. The van der Waals surface area contributed by atoms with Crippen molar-refractivity contribution in [3.05, 3.63) is 21.9 Å². The van der Waals surface area contributed by atoms with Crippen LogP contribution in [-0.4, -0.2) is 11.9 Å². The van der Waals surface area contributed by atoms with E-state index in [9.17, 15) is 4.79 Å². The van der Waals surface area contributed by atoms with E-state index in [0.717, 1.165) is 17.7 Å². The Morgan fingerprint density at radius 1 is 1.40 bits per heavy atom. The van der Waals surface area contributed by atoms with Gasteiger partial charge in [-0.3, -0.25) is 4.79 Å². The summed E-state index contributed by atoms with van der Waals surface area (Å²) in [5.41, 5.74) is 1.17. The van der Waals surface area contributed by atoms with Crippen molar-refractivity contribution < 1.29 is 4.79 Å². The molecule has 15 heavy (non-hydrogen) atoms. The molecule has 1 aliphatic carbocycles. The van der Waals surface area contributed by atoms with Crippen LogP contribution in [0.4, 0.5) is 0 Å². The van der Waals surface area contributed by atoms with Crippen LogP contribution in [0.2, 0.25) is 0 Å². The fourth-order valence-electron chi connectivity index (χ4n) is 2.05. The van der Waals surface area contributed by atoms with Gasteiger partial charge in [0.05, 0.1) is 4.88 Å². The molecule has 1 heterocycles. The number of carbonyl (C=O) groups is 1. The second kappa shape index (κ2) is 4.79. The lowest BCUT2D eigenvalue weighted by Crippen LogP contribution is -2.35. The average Bonchev–Trinajstić information content (AvgIpc) is 2.66. The number of aryl methyl sites for hydroxylation is 1. The molecule has 1 N–H and O–H groups in total. The van der Waals surface area contributed by atoms with E-state index in [4.69, 9.17) is 0 Å². The number of amides is 1. The Balaban J connectivity index is 1.91. The van der Waals surface area contributed by atoms with Crippen LogP contribution in [0, 0.1) is 6.92 Å². The molecule has 0 radical (unpaired) electrons. The zero-order valence-electron chi connectivity index (χ0n) is 9.08. The van der Waals surface area contributed by atoms with Gasteiger partial charge < -0.3 is 5.32 Å². The number of rotatable bonds is 2. The van der Waals surface area contributed by atoms with Gasteiger partial charge in [0.15, 0.2) is 0 Å². The van der Waals surface area contributed by atoms with Crippen molar-refractivity contribution in [1.82, 2.24) is 5.32 Å². The van der Waals surface area contributed by atoms with Crippen LogP contribution >= 0.6 is 11.3 Å². The number of hydrogen-bond acceptors (Lipinski definition) is 2. The molecule has 1 fully saturated rings. The maximum Gasteiger partial charge on any atom is 0.261 e. The largest absolute Gasteiger partial charge is 0.349 e. The Kier molecular flexibility index (Phi) is 3.41. The minimum absolute atomic E-state index is 0.111. The summed E-state index contributed by atoms with van der Waals surface area (Å²) in [5, 5.41) is 5.14. The third-order valence-corrected chi connectivity index (χ3v) is 3.94. The van der Waals surface area contributed by atoms with Crippen molar-refractivity contribution in [3.8, 4) is 0 Å². The molecule has 0 saturated heterocycles. The molecule has 1 saturated carbocycles. The molecular weight excluding hydrogens is 206 g/mol. The Morgan fingerprint density at radius 2 is 2.13 bits per heavy atom. The zero-order valence-corrected chi connectivity index (χ0v) is 9.90. The van der Waals surface area contributed by atoms with E-state index in [1.165, 1.54) is 36.2 Å². The van der Waals surface area contributed by atoms with E-state index in [2.05, 4.69) is 5.32 Å². The topological polar surface area (TPSA) is 29.1 Å². The number of carbonyl (C=O) groups excluding carboxylic acids is 1. The van der Waals surface area contributed by atoms with Gasteiger partial charge in [-0.2, -0.15) is 0 Å². The van der Waals surface area contributed by atoms with Gasteiger partial charge in [-0.1, -0.05) is 19.3 Å². The van der Waals surface area contributed by atoms with E-state index < -0.39 is 0 Å². The summed E-state index contributed by atoms with van der Waals surface area (Å²) in [6.07, 6.45) is 6.14. The molecule has 0 spiro atoms. The molecule has 1 aromatic rings. The predicted octanol–water partition coefficient (Wildman–Crippen LogP) is 3.12. The first kappa shape index (κ1) is 10.7. The van der Waals surface area contributed by atoms with Crippen LogP contribution < -0.4 is 5.32 Å². The second-order valence-electron chi connectivity index (χ2n) is 4.30. The number of nitrogens with one attached hydrogen (secondary N) is 1. The van der Waals surface area contributed by atoms with E-state index in [0.29, 0.717) is 6.04 Å². The molecule has 0 aliphatic heterocycles. The normalized spacial score (nSPS) is 17.7. The Bertz CT molecular complexity index is 339. The number of thiophene rings is 1. The molecule has 1 aliphatic rings. The third kappa shape index (κ3) is 2.81. The second-order valence-corrected chi connectivity index (χ2v) is 5.21. The highest BCUT2D eigenvalue weighted by Crippen LogP contribution is 2.19. The van der Waals surface area contributed by atoms with Gasteiger partial charge in [0, 0.05) is 6.04 Å². The van der Waals surface area contributed by atoms with Crippen LogP contribution in [0.3, 0.4) is 0 Å². The Labute approximate surface area is 94.7 Å². The molecule has 82 valence electrons. The molecule has 2 rings (SSSR count). The van der Waals surface area contributed by atoms with E-state index in [1.54, 1.807) is 0 Å². The summed E-state index contributed by atoms with van der Waals surface area (Å²) in [6, 6.07) is 2.37. The van der Waals surface area contributed by atoms with Gasteiger partial charge in [-0.05, 0) is 36.8 Å². The molecule has 0 unspecified atom stereocenters. The fraction of sp³-hybridized carbons (Fsp3) is 0.583. The third-order valence-electron chi connectivity index (χ3n) is 2.89. The van der Waals surface area contributed by atoms with Crippen molar-refractivity contribution in [3.63, 3.8) is 0 Å². The summed E-state index contributed by atoms with van der Waals surface area (Å²) in [4.78, 5) is 12.7. The van der Waals surface area contributed by atoms with Crippen molar-refractivity contribution in [2.24, 2.45) is 0 Å². The molecule has 3 heteroatoms. The molecule has 2 nitrogen and oxygen atoms in total. The van der Waals surface area contributed by atoms with E-state index in [-0.39, 0.29) is 5.91 Å². The van der Waals surface area contributed by atoms with Crippen LogP contribution in [0.25, 0.3) is 0 Å². The molecule has 1 amide bonds. The van der Waals surface area contributed by atoms with Gasteiger partial charge in [0.2, 0.25) is 0 Å². The van der Waals surface area contributed by atoms with Gasteiger partial charge in [-0.15, -0.1) is 11.3 Å². The molecule has 0 bridgehead atoms. The molecule has 0 aromatic carbocycles. The highest BCUT2D eigenvalue weighted by atomic mass is 32.1. The minimum atomic E-state index is 0.111. The van der Waals surface area contributed by atoms with Gasteiger partial charge in [-0.25, -0.2) is 0 Å². The SMILES string of the molecule is Cc1csc(C(=O)NC2CCCCC2)c1. The van der Waals surface area contributed by atoms with Gasteiger partial charge in [0.1, 0.15) is 0 Å². The summed E-state index contributed by atoms with van der Waals surface area (Å²) in [7, 11) is 0. The summed E-state index contributed by atoms with van der Waals surface area (Å²) in [6.45, 7) is 2.02. The van der Waals surface area contributed by atoms with Gasteiger partial charge in [0.25, 0.3) is 5.91 Å². The van der Waals surface area contributed by atoms with Crippen molar-refractivity contribution in [2.45, 2.75) is 45.1 Å². The maximum atomic E-state index is 11.8. The predicted molar refractivity (Wildman–Crippen MR) is 63.4 cm³/mol. The van der Waals surface area contributed by atoms with Crippen LogP contribution in [0.5, 0.6) is 0 Å². The maximum absolute atomic E-state index is 11.8. The quantitative estimate of drug-likeness (QED) is 0.820. The summed E-state index contributed by atoms with van der Waals surface area (Å²) in [5.74, 6) is 0.111. The molecule has 1 aromatic heterocycles. The van der Waals surface area contributed by atoms with Gasteiger partial charge >= 0.3 is 0 Å². The minimum Gasteiger partial charge on any atom is -0.349 e. The van der Waals surface area contributed by atoms with Crippen molar-refractivity contribution >= 4 is 17.2 Å². The summed E-state index contributed by atoms with van der Waals surface area (Å²) >= 11 is 1.53. The lowest BCUT2D eigenvalue weighted by Gasteiger charge is -2.22. The summed E-state index contributed by atoms with van der Waals surface area (Å²) < 4.78 is 0. The standard InChI is InChI=1S/C12H17NOS/c1-9-7-11(15-8-9)12(14)13-10-5-3-2-4-6-10/h7-8,10H,2-6H2,1H3,(H,13,14). The van der Waals surface area contributed by atoms with Crippen LogP contribution in [-0.2, 0) is 0 Å². The van der Waals surface area contributed by atoms with Crippen molar-refractivity contribution in [1.29, 1.82) is 0 Å². The Hall–Kier alpha value is -0.830. The first-order valence-electron chi connectivity index (χ1n) is 5.62. The first-order chi connectivity index (χ1) is 7.25. The lowest BCUT2D eigenvalue weighted by molar-refractivity contribution is 0.0932. The van der Waals surface area contributed by atoms with Crippen molar-refractivity contribution in [2.75, 3.05) is 0 Å². The average molecular weight is 223 g/mol. The highest BCUT2D eigenvalue weighted by Gasteiger charge is 2.17. The fourth-order valence-corrected chi connectivity index (χ4v) is 2.85. The lowest BCUT2D eigenvalue weighted by atomic mass is 9.95. The Morgan fingerprint density at radius 3 is 2.73 bits per heavy atom. The first-order valence-corrected chi connectivity index (χ1v) is 6.49. The van der Waals surface area contributed by atoms with Crippen LogP contribution in [0.1, 0.15) is 47.3 Å². The van der Waals surface area contributed by atoms with E-state index in [1.807, 2.05) is 18.4 Å². The monoisotopic (exact) mass is 223 g/mol. The molecule has 0 atom stereocenters. The smallest absolute Gasteiger partial charge is 0.261 e. The number of hydrogen-bond donors (Lipinski definition) is 1. The molecular formula is C12H17NOS. The van der Waals surface area contributed by atoms with E-state index >= 15 is 0 Å². The highest BCUT2D eigenvalue weighted by molar-refractivity contribution is 7.12. The van der Waals surface area contributed by atoms with Crippen LogP contribution in [0.15, 0.2) is 11.4 Å².